The van der Waals surface area contributed by atoms with E-state index in [9.17, 15) is 13.3 Å². The van der Waals surface area contributed by atoms with Gasteiger partial charge in [-0.25, -0.2) is 4.67 Å². The molecule has 1 unspecified atom stereocenters. The lowest BCUT2D eigenvalue weighted by molar-refractivity contribution is 0.143. The molecule has 3 nitrogen and oxygen atoms in total. The Morgan fingerprint density at radius 3 is 2.14 bits per heavy atom. The van der Waals surface area contributed by atoms with Crippen LogP contribution >= 0.6 is 7.52 Å². The van der Waals surface area contributed by atoms with Crippen molar-refractivity contribution in [3.05, 3.63) is 0 Å². The van der Waals surface area contributed by atoms with E-state index < -0.39 is 19.8 Å². The summed E-state index contributed by atoms with van der Waals surface area (Å²) < 4.78 is 43.4. The van der Waals surface area contributed by atoms with Gasteiger partial charge < -0.3 is 4.52 Å². The molecular formula is C8H16F2NO2P. The summed E-state index contributed by atoms with van der Waals surface area (Å²) in [5.74, 6) is 0. The highest BCUT2D eigenvalue weighted by molar-refractivity contribution is 7.56. The molecule has 6 heteroatoms. The minimum Gasteiger partial charge on any atom is -0.311 e. The molecule has 0 spiro atoms. The number of alkyl halides is 2. The van der Waals surface area contributed by atoms with Crippen molar-refractivity contribution in [1.29, 1.82) is 0 Å². The summed E-state index contributed by atoms with van der Waals surface area (Å²) in [5, 5.41) is 0. The van der Waals surface area contributed by atoms with Crippen LogP contribution in [0.1, 0.15) is 26.7 Å². The topological polar surface area (TPSA) is 29.5 Å². The third-order valence-corrected chi connectivity index (χ3v) is 4.49. The highest BCUT2D eigenvalue weighted by atomic mass is 31.2. The minimum atomic E-state index is -3.90. The van der Waals surface area contributed by atoms with Gasteiger partial charge in [0, 0.05) is 13.1 Å². The molecule has 1 fully saturated rings. The van der Waals surface area contributed by atoms with Gasteiger partial charge in [0.05, 0.1) is 6.10 Å². The van der Waals surface area contributed by atoms with Gasteiger partial charge in [-0.1, -0.05) is 0 Å². The normalized spacial score (nSPS) is 23.3. The van der Waals surface area contributed by atoms with Crippen LogP contribution in [-0.4, -0.2) is 30.0 Å². The molecule has 0 radical (unpaired) electrons. The molecule has 1 saturated heterocycles. The highest BCUT2D eigenvalue weighted by Gasteiger charge is 2.43. The molecule has 1 aliphatic rings. The summed E-state index contributed by atoms with van der Waals surface area (Å²) >= 11 is 0. The first-order valence-electron chi connectivity index (χ1n) is 4.78. The van der Waals surface area contributed by atoms with Gasteiger partial charge in [-0.2, -0.15) is 8.78 Å². The van der Waals surface area contributed by atoms with Gasteiger partial charge >= 0.3 is 13.7 Å². The van der Waals surface area contributed by atoms with Gasteiger partial charge in [0.25, 0.3) is 0 Å². The lowest BCUT2D eigenvalue weighted by Gasteiger charge is -2.27. The summed E-state index contributed by atoms with van der Waals surface area (Å²) in [6.45, 7) is 4.14. The molecule has 0 aromatic rings. The fourth-order valence-corrected chi connectivity index (χ4v) is 3.43. The molecule has 0 aliphatic carbocycles. The van der Waals surface area contributed by atoms with Crippen molar-refractivity contribution in [3.63, 3.8) is 0 Å². The van der Waals surface area contributed by atoms with Crippen molar-refractivity contribution in [3.8, 4) is 0 Å². The third-order valence-electron chi connectivity index (χ3n) is 2.09. The summed E-state index contributed by atoms with van der Waals surface area (Å²) in [6.07, 6.45) is -1.70. The second kappa shape index (κ2) is 4.69. The zero-order valence-electron chi connectivity index (χ0n) is 8.45. The molecular weight excluding hydrogens is 211 g/mol. The quantitative estimate of drug-likeness (QED) is 0.691. The average Bonchev–Trinajstić information content (AvgIpc) is 2.53. The van der Waals surface area contributed by atoms with Crippen LogP contribution in [0.4, 0.5) is 8.78 Å². The SMILES string of the molecule is CC(C)OP(=O)(C(F)F)N1CCCC1. The van der Waals surface area contributed by atoms with Crippen LogP contribution in [0.25, 0.3) is 0 Å². The Hall–Kier alpha value is 0.01000. The third kappa shape index (κ3) is 2.53. The van der Waals surface area contributed by atoms with Crippen molar-refractivity contribution >= 4 is 7.52 Å². The monoisotopic (exact) mass is 227 g/mol. The zero-order valence-corrected chi connectivity index (χ0v) is 9.34. The van der Waals surface area contributed by atoms with Crippen LogP contribution in [-0.2, 0) is 9.09 Å². The van der Waals surface area contributed by atoms with E-state index in [1.807, 2.05) is 0 Å². The molecule has 0 amide bonds. The molecule has 0 N–H and O–H groups in total. The zero-order chi connectivity index (χ0) is 10.8. The average molecular weight is 227 g/mol. The maximum atomic E-state index is 12.7. The van der Waals surface area contributed by atoms with E-state index >= 15 is 0 Å². The van der Waals surface area contributed by atoms with Gasteiger partial charge in [0.1, 0.15) is 0 Å². The largest absolute Gasteiger partial charge is 0.337 e. The Bertz CT molecular complexity index is 229. The van der Waals surface area contributed by atoms with Gasteiger partial charge in [0.2, 0.25) is 0 Å². The van der Waals surface area contributed by atoms with Gasteiger partial charge in [0.15, 0.2) is 0 Å². The molecule has 14 heavy (non-hydrogen) atoms. The number of halogens is 2. The van der Waals surface area contributed by atoms with E-state index in [0.717, 1.165) is 12.8 Å². The van der Waals surface area contributed by atoms with E-state index in [4.69, 9.17) is 4.52 Å². The van der Waals surface area contributed by atoms with Crippen LogP contribution in [0, 0.1) is 0 Å². The number of nitrogens with zero attached hydrogens (tertiary/aromatic N) is 1. The predicted molar refractivity (Wildman–Crippen MR) is 50.6 cm³/mol. The first-order valence-corrected chi connectivity index (χ1v) is 6.43. The molecule has 1 atom stereocenters. The Kier molecular flexibility index (Phi) is 4.04. The number of hydrogen-bond acceptors (Lipinski definition) is 2. The first-order chi connectivity index (χ1) is 6.47. The van der Waals surface area contributed by atoms with Crippen molar-refractivity contribution in [2.45, 2.75) is 39.0 Å². The molecule has 1 rings (SSSR count). The lowest BCUT2D eigenvalue weighted by Crippen LogP contribution is -2.23. The van der Waals surface area contributed by atoms with Crippen molar-refractivity contribution in [2.24, 2.45) is 0 Å². The van der Waals surface area contributed by atoms with E-state index in [2.05, 4.69) is 0 Å². The summed E-state index contributed by atoms with van der Waals surface area (Å²) in [5.41, 5.74) is 0. The summed E-state index contributed by atoms with van der Waals surface area (Å²) in [4.78, 5) is 0. The van der Waals surface area contributed by atoms with E-state index in [1.165, 1.54) is 4.67 Å². The smallest absolute Gasteiger partial charge is 0.311 e. The fourth-order valence-electron chi connectivity index (χ4n) is 1.52. The Balaban J connectivity index is 2.75. The fraction of sp³-hybridized carbons (Fsp3) is 1.00. The number of hydrogen-bond donors (Lipinski definition) is 0. The van der Waals surface area contributed by atoms with Crippen LogP contribution < -0.4 is 0 Å². The number of rotatable bonds is 4. The molecule has 0 aromatic carbocycles. The highest BCUT2D eigenvalue weighted by Crippen LogP contribution is 2.58. The van der Waals surface area contributed by atoms with E-state index in [1.54, 1.807) is 13.8 Å². The maximum Gasteiger partial charge on any atom is 0.337 e. The van der Waals surface area contributed by atoms with Gasteiger partial charge in [-0.05, 0) is 26.7 Å². The second-order valence-electron chi connectivity index (χ2n) is 3.66. The van der Waals surface area contributed by atoms with Crippen LogP contribution in [0.15, 0.2) is 0 Å². The van der Waals surface area contributed by atoms with Gasteiger partial charge in [-0.3, -0.25) is 4.57 Å². The van der Waals surface area contributed by atoms with Crippen LogP contribution in [0.3, 0.4) is 0 Å². The first kappa shape index (κ1) is 12.1. The second-order valence-corrected chi connectivity index (χ2v) is 5.95. The molecule has 1 aliphatic heterocycles. The maximum absolute atomic E-state index is 12.7. The molecule has 1 heterocycles. The molecule has 84 valence electrons. The molecule has 0 saturated carbocycles. The Labute approximate surface area is 82.9 Å². The molecule has 0 bridgehead atoms. The standard InChI is InChI=1S/C8H16F2NO2P/c1-7(2)13-14(12,8(9)10)11-5-3-4-6-11/h7-8H,3-6H2,1-2H3. The summed E-state index contributed by atoms with van der Waals surface area (Å²) in [6, 6.07) is 0. The van der Waals surface area contributed by atoms with E-state index in [-0.39, 0.29) is 0 Å². The van der Waals surface area contributed by atoms with Gasteiger partial charge in [-0.15, -0.1) is 0 Å². The van der Waals surface area contributed by atoms with Crippen LogP contribution in [0.5, 0.6) is 0 Å². The van der Waals surface area contributed by atoms with Crippen molar-refractivity contribution < 1.29 is 17.9 Å². The van der Waals surface area contributed by atoms with Crippen molar-refractivity contribution in [2.75, 3.05) is 13.1 Å². The Morgan fingerprint density at radius 1 is 1.29 bits per heavy atom. The lowest BCUT2D eigenvalue weighted by atomic mass is 10.4. The Morgan fingerprint density at radius 2 is 1.79 bits per heavy atom. The predicted octanol–water partition coefficient (Wildman–Crippen LogP) is 2.92. The minimum absolute atomic E-state index is 0.435. The van der Waals surface area contributed by atoms with E-state index in [0.29, 0.717) is 13.1 Å². The van der Waals surface area contributed by atoms with Crippen molar-refractivity contribution in [1.82, 2.24) is 4.67 Å². The summed E-state index contributed by atoms with van der Waals surface area (Å²) in [7, 11) is -3.90. The molecule has 0 aromatic heterocycles. The van der Waals surface area contributed by atoms with Crippen LogP contribution in [0.2, 0.25) is 0 Å².